The maximum Gasteiger partial charge on any atom is 0.491 e. The van der Waals surface area contributed by atoms with Gasteiger partial charge in [0.05, 0.1) is 13.2 Å². The highest BCUT2D eigenvalue weighted by molar-refractivity contribution is 6.62. The van der Waals surface area contributed by atoms with E-state index in [1.165, 1.54) is 19.1 Å². The van der Waals surface area contributed by atoms with Crippen molar-refractivity contribution in [3.63, 3.8) is 0 Å². The van der Waals surface area contributed by atoms with Crippen molar-refractivity contribution in [2.45, 2.75) is 58.3 Å². The average Bonchev–Trinajstić information content (AvgIpc) is 3.55. The summed E-state index contributed by atoms with van der Waals surface area (Å²) in [6.45, 7) is 4.32. The molecule has 2 heterocycles. The summed E-state index contributed by atoms with van der Waals surface area (Å²) in [5, 5.41) is 30.9. The number of nitrogens with one attached hydrogen (secondary N) is 4. The molecule has 0 spiro atoms. The van der Waals surface area contributed by atoms with E-state index in [-0.39, 0.29) is 49.8 Å². The zero-order valence-corrected chi connectivity index (χ0v) is 23.8. The first kappa shape index (κ1) is 31.2. The maximum absolute atomic E-state index is 13.4. The lowest BCUT2D eigenvalue weighted by molar-refractivity contribution is -0.126. The van der Waals surface area contributed by atoms with E-state index in [0.29, 0.717) is 17.5 Å². The molecular formula is C28H36B2N4O8. The maximum atomic E-state index is 13.4. The van der Waals surface area contributed by atoms with Gasteiger partial charge in [-0.15, -0.1) is 0 Å². The molecule has 2 aromatic carbocycles. The molecule has 0 radical (unpaired) electrons. The van der Waals surface area contributed by atoms with Crippen LogP contribution >= 0.6 is 0 Å². The van der Waals surface area contributed by atoms with Crippen LogP contribution in [0, 0.1) is 0 Å². The standard InChI is InChI=1S/C28H36B2N4O8/c1-3-4-5-11-31-24(35)10-12-32-27(38)28(2,34-26(37)19-7-9-21-16-42-30(40)23(21)14-19)17-33-25(36)18-6-8-20-15-41-29(39)22(20)13-18/h6-9,13-14,39-40H,3-5,10-12,15-17H2,1-2H3,(H,31,35)(H,32,38)(H,33,36)(H,34,37)/t28-/m0/s1. The van der Waals surface area contributed by atoms with Crippen LogP contribution in [0.15, 0.2) is 36.4 Å². The fraction of sp³-hybridized carbons (Fsp3) is 0.429. The zero-order valence-electron chi connectivity index (χ0n) is 23.8. The van der Waals surface area contributed by atoms with Gasteiger partial charge < -0.3 is 40.6 Å². The predicted molar refractivity (Wildman–Crippen MR) is 156 cm³/mol. The molecule has 0 bridgehead atoms. The Morgan fingerprint density at radius 2 is 1.43 bits per heavy atom. The fourth-order valence-electron chi connectivity index (χ4n) is 4.75. The normalized spacial score (nSPS) is 15.0. The number of carbonyl (C=O) groups excluding carboxylic acids is 4. The number of hydrogen-bond donors (Lipinski definition) is 6. The minimum atomic E-state index is -1.61. The molecule has 0 aromatic heterocycles. The third-order valence-electron chi connectivity index (χ3n) is 7.37. The molecule has 6 N–H and O–H groups in total. The van der Waals surface area contributed by atoms with Gasteiger partial charge in [0.2, 0.25) is 11.8 Å². The van der Waals surface area contributed by atoms with Crippen LogP contribution in [0.1, 0.15) is 71.4 Å². The predicted octanol–water partition coefficient (Wildman–Crippen LogP) is -1.15. The van der Waals surface area contributed by atoms with Crippen LogP contribution in [0.4, 0.5) is 0 Å². The fourth-order valence-corrected chi connectivity index (χ4v) is 4.75. The Kier molecular flexibility index (Phi) is 10.4. The summed E-state index contributed by atoms with van der Waals surface area (Å²) in [6, 6.07) is 9.53. The second-order valence-electron chi connectivity index (χ2n) is 10.7. The SMILES string of the molecule is CCCCCNC(=O)CCNC(=O)[C@](C)(CNC(=O)c1ccc2c(c1)B(O)OC2)NC(=O)c1ccc2c(c1)B(O)OC2. The highest BCUT2D eigenvalue weighted by Crippen LogP contribution is 2.14. The van der Waals surface area contributed by atoms with E-state index in [1.54, 1.807) is 24.3 Å². The van der Waals surface area contributed by atoms with Crippen LogP contribution in [0.2, 0.25) is 0 Å². The molecular weight excluding hydrogens is 542 g/mol. The van der Waals surface area contributed by atoms with Crippen molar-refractivity contribution in [3.8, 4) is 0 Å². The van der Waals surface area contributed by atoms with Crippen LogP contribution < -0.4 is 32.2 Å². The van der Waals surface area contributed by atoms with Gasteiger partial charge in [0, 0.05) is 37.2 Å². The van der Waals surface area contributed by atoms with Gasteiger partial charge in [0.15, 0.2) is 0 Å². The molecule has 14 heteroatoms. The molecule has 12 nitrogen and oxygen atoms in total. The first-order valence-electron chi connectivity index (χ1n) is 14.1. The second-order valence-corrected chi connectivity index (χ2v) is 10.7. The Bertz CT molecular complexity index is 1340. The van der Waals surface area contributed by atoms with Crippen molar-refractivity contribution in [3.05, 3.63) is 58.7 Å². The number of benzene rings is 2. The molecule has 0 saturated carbocycles. The smallest absolute Gasteiger partial charge is 0.423 e. The molecule has 2 aliphatic heterocycles. The van der Waals surface area contributed by atoms with Gasteiger partial charge >= 0.3 is 14.2 Å². The summed E-state index contributed by atoms with van der Waals surface area (Å²) in [7, 11) is -2.27. The highest BCUT2D eigenvalue weighted by Gasteiger charge is 2.37. The van der Waals surface area contributed by atoms with Gasteiger partial charge in [-0.3, -0.25) is 19.2 Å². The van der Waals surface area contributed by atoms with E-state index in [1.807, 2.05) is 0 Å². The monoisotopic (exact) mass is 578 g/mol. The highest BCUT2D eigenvalue weighted by atomic mass is 16.5. The van der Waals surface area contributed by atoms with E-state index in [2.05, 4.69) is 28.2 Å². The third-order valence-corrected chi connectivity index (χ3v) is 7.37. The largest absolute Gasteiger partial charge is 0.491 e. The summed E-state index contributed by atoms with van der Waals surface area (Å²) in [5.74, 6) is -1.92. The molecule has 1 atom stereocenters. The summed E-state index contributed by atoms with van der Waals surface area (Å²) in [6.07, 6.45) is 2.98. The number of rotatable bonds is 13. The molecule has 4 rings (SSSR count). The van der Waals surface area contributed by atoms with E-state index >= 15 is 0 Å². The molecule has 2 aliphatic rings. The van der Waals surface area contributed by atoms with Crippen molar-refractivity contribution in [1.82, 2.24) is 21.3 Å². The van der Waals surface area contributed by atoms with Crippen molar-refractivity contribution in [2.24, 2.45) is 0 Å². The molecule has 4 amide bonds. The Morgan fingerprint density at radius 3 is 2.02 bits per heavy atom. The van der Waals surface area contributed by atoms with Crippen molar-refractivity contribution in [1.29, 1.82) is 0 Å². The number of carbonyl (C=O) groups is 4. The molecule has 0 saturated heterocycles. The molecule has 42 heavy (non-hydrogen) atoms. The van der Waals surface area contributed by atoms with Crippen LogP contribution in [0.5, 0.6) is 0 Å². The lowest BCUT2D eigenvalue weighted by Gasteiger charge is -2.30. The van der Waals surface area contributed by atoms with E-state index < -0.39 is 37.5 Å². The van der Waals surface area contributed by atoms with Gasteiger partial charge in [-0.2, -0.15) is 0 Å². The lowest BCUT2D eigenvalue weighted by atomic mass is 9.78. The zero-order chi connectivity index (χ0) is 30.3. The summed E-state index contributed by atoms with van der Waals surface area (Å²) in [5.41, 5.74) is 1.32. The van der Waals surface area contributed by atoms with Crippen molar-refractivity contribution >= 4 is 48.8 Å². The first-order valence-corrected chi connectivity index (χ1v) is 14.1. The Morgan fingerprint density at radius 1 is 0.833 bits per heavy atom. The molecule has 222 valence electrons. The van der Waals surface area contributed by atoms with E-state index in [4.69, 9.17) is 9.31 Å². The van der Waals surface area contributed by atoms with Crippen LogP contribution in [0.25, 0.3) is 0 Å². The first-order chi connectivity index (χ1) is 20.1. The summed E-state index contributed by atoms with van der Waals surface area (Å²) < 4.78 is 10.4. The van der Waals surface area contributed by atoms with Crippen LogP contribution in [0.3, 0.4) is 0 Å². The lowest BCUT2D eigenvalue weighted by Crippen LogP contribution is -2.62. The number of hydrogen-bond acceptors (Lipinski definition) is 8. The van der Waals surface area contributed by atoms with Crippen LogP contribution in [-0.2, 0) is 32.1 Å². The summed E-state index contributed by atoms with van der Waals surface area (Å²) in [4.78, 5) is 51.8. The van der Waals surface area contributed by atoms with Crippen molar-refractivity contribution in [2.75, 3.05) is 19.6 Å². The van der Waals surface area contributed by atoms with Gasteiger partial charge in [0.1, 0.15) is 5.54 Å². The van der Waals surface area contributed by atoms with Gasteiger partial charge in [-0.05, 0) is 59.7 Å². The number of fused-ring (bicyclic) bond motifs is 2. The molecule has 0 fully saturated rings. The minimum Gasteiger partial charge on any atom is -0.423 e. The average molecular weight is 578 g/mol. The number of amides is 4. The summed E-state index contributed by atoms with van der Waals surface area (Å²) >= 11 is 0. The Balaban J connectivity index is 1.43. The van der Waals surface area contributed by atoms with E-state index in [9.17, 15) is 29.2 Å². The molecule has 2 aromatic rings. The topological polar surface area (TPSA) is 175 Å². The Hall–Kier alpha value is -3.71. The third kappa shape index (κ3) is 7.57. The van der Waals surface area contributed by atoms with Gasteiger partial charge in [-0.1, -0.05) is 31.9 Å². The molecule has 0 unspecified atom stereocenters. The van der Waals surface area contributed by atoms with Crippen molar-refractivity contribution < 1.29 is 38.5 Å². The van der Waals surface area contributed by atoms with Gasteiger partial charge in [0.25, 0.3) is 11.8 Å². The van der Waals surface area contributed by atoms with E-state index in [0.717, 1.165) is 30.4 Å². The van der Waals surface area contributed by atoms with Crippen LogP contribution in [-0.4, -0.2) is 73.1 Å². The van der Waals surface area contributed by atoms with Gasteiger partial charge in [-0.25, -0.2) is 0 Å². The molecule has 0 aliphatic carbocycles. The second kappa shape index (κ2) is 14.0. The minimum absolute atomic E-state index is 0.0307. The quantitative estimate of drug-likeness (QED) is 0.128. The Labute approximate surface area is 245 Å². The number of unbranched alkanes of at least 4 members (excludes halogenated alkanes) is 2.